The van der Waals surface area contributed by atoms with E-state index >= 15 is 0 Å². The number of hydrogen-bond donors (Lipinski definition) is 1. The quantitative estimate of drug-likeness (QED) is 0.760. The van der Waals surface area contributed by atoms with Gasteiger partial charge in [-0.15, -0.1) is 0 Å². The molecule has 0 aromatic heterocycles. The molecule has 2 amide bonds. The van der Waals surface area contributed by atoms with E-state index in [1.807, 2.05) is 48.2 Å². The molecule has 0 atom stereocenters. The van der Waals surface area contributed by atoms with Crippen LogP contribution in [0.15, 0.2) is 42.5 Å². The van der Waals surface area contributed by atoms with Gasteiger partial charge in [0.2, 0.25) is 6.79 Å². The van der Waals surface area contributed by atoms with E-state index in [9.17, 15) is 4.79 Å². The Kier molecular flexibility index (Phi) is 6.05. The van der Waals surface area contributed by atoms with Crippen LogP contribution in [0.4, 0.5) is 4.79 Å². The van der Waals surface area contributed by atoms with E-state index in [-0.39, 0.29) is 6.03 Å². The lowest BCUT2D eigenvalue weighted by Gasteiger charge is -2.34. The number of amides is 2. The van der Waals surface area contributed by atoms with E-state index in [4.69, 9.17) is 14.2 Å². The first-order valence-electron chi connectivity index (χ1n) is 10.0. The smallest absolute Gasteiger partial charge is 0.317 e. The summed E-state index contributed by atoms with van der Waals surface area (Å²) in [7, 11) is 0. The van der Waals surface area contributed by atoms with Crippen LogP contribution in [-0.4, -0.2) is 62.0 Å². The van der Waals surface area contributed by atoms with Crippen molar-refractivity contribution in [2.24, 2.45) is 0 Å². The minimum Gasteiger partial charge on any atom is -0.491 e. The molecule has 7 heteroatoms. The van der Waals surface area contributed by atoms with E-state index < -0.39 is 0 Å². The number of piperazine rings is 1. The third-order valence-electron chi connectivity index (χ3n) is 5.23. The molecule has 0 saturated carbocycles. The summed E-state index contributed by atoms with van der Waals surface area (Å²) in [5.74, 6) is 2.48. The molecule has 154 valence electrons. The number of para-hydroxylation sites is 1. The van der Waals surface area contributed by atoms with Crippen molar-refractivity contribution in [2.75, 3.05) is 46.1 Å². The Hall–Kier alpha value is -2.93. The molecule has 0 radical (unpaired) electrons. The van der Waals surface area contributed by atoms with Gasteiger partial charge in [0.15, 0.2) is 11.5 Å². The van der Waals surface area contributed by atoms with Crippen LogP contribution in [0.3, 0.4) is 0 Å². The van der Waals surface area contributed by atoms with E-state index in [1.165, 1.54) is 5.56 Å². The van der Waals surface area contributed by atoms with Gasteiger partial charge in [-0.25, -0.2) is 4.79 Å². The number of carbonyl (C=O) groups is 1. The van der Waals surface area contributed by atoms with Crippen LogP contribution in [0.25, 0.3) is 0 Å². The molecule has 7 nitrogen and oxygen atoms in total. The number of rotatable bonds is 6. The highest BCUT2D eigenvalue weighted by molar-refractivity contribution is 5.74. The molecule has 4 rings (SSSR count). The number of aryl methyl sites for hydroxylation is 1. The maximum Gasteiger partial charge on any atom is 0.317 e. The van der Waals surface area contributed by atoms with Crippen LogP contribution in [0, 0.1) is 6.92 Å². The lowest BCUT2D eigenvalue weighted by atomic mass is 10.1. The fourth-order valence-corrected chi connectivity index (χ4v) is 3.56. The van der Waals surface area contributed by atoms with E-state index in [0.717, 1.165) is 55.5 Å². The van der Waals surface area contributed by atoms with Crippen molar-refractivity contribution in [2.45, 2.75) is 13.5 Å². The first kappa shape index (κ1) is 19.4. The molecular formula is C22H27N3O4. The summed E-state index contributed by atoms with van der Waals surface area (Å²) in [5, 5.41) is 2.95. The summed E-state index contributed by atoms with van der Waals surface area (Å²) in [6, 6.07) is 13.9. The largest absolute Gasteiger partial charge is 0.491 e. The fraction of sp³-hybridized carbons (Fsp3) is 0.409. The van der Waals surface area contributed by atoms with Crippen LogP contribution >= 0.6 is 0 Å². The normalized spacial score (nSPS) is 16.0. The zero-order valence-electron chi connectivity index (χ0n) is 16.7. The third kappa shape index (κ3) is 4.92. The van der Waals surface area contributed by atoms with Crippen LogP contribution in [-0.2, 0) is 6.54 Å². The number of fused-ring (bicyclic) bond motifs is 1. The van der Waals surface area contributed by atoms with Gasteiger partial charge >= 0.3 is 6.03 Å². The number of benzene rings is 2. The van der Waals surface area contributed by atoms with E-state index in [2.05, 4.69) is 16.3 Å². The standard InChI is InChI=1S/C22H27N3O4/c1-17-4-2-3-5-19(17)27-13-8-23-22(26)25-11-9-24(10-12-25)15-18-6-7-20-21(14-18)29-16-28-20/h2-7,14H,8-13,15-16H2,1H3,(H,23,26). The van der Waals surface area contributed by atoms with Crippen LogP contribution in [0.5, 0.6) is 17.2 Å². The fourth-order valence-electron chi connectivity index (χ4n) is 3.56. The average molecular weight is 397 g/mol. The van der Waals surface area contributed by atoms with Crippen LogP contribution < -0.4 is 19.5 Å². The van der Waals surface area contributed by atoms with Gasteiger partial charge in [-0.1, -0.05) is 24.3 Å². The van der Waals surface area contributed by atoms with Crippen molar-refractivity contribution in [3.05, 3.63) is 53.6 Å². The zero-order chi connectivity index (χ0) is 20.1. The minimum absolute atomic E-state index is 0.0267. The van der Waals surface area contributed by atoms with Gasteiger partial charge in [-0.2, -0.15) is 0 Å². The summed E-state index contributed by atoms with van der Waals surface area (Å²) in [4.78, 5) is 16.6. The second-order valence-electron chi connectivity index (χ2n) is 7.30. The first-order valence-corrected chi connectivity index (χ1v) is 10.0. The molecule has 2 heterocycles. The second kappa shape index (κ2) is 9.05. The lowest BCUT2D eigenvalue weighted by molar-refractivity contribution is 0.134. The van der Waals surface area contributed by atoms with Gasteiger partial charge in [0, 0.05) is 32.7 Å². The number of nitrogens with one attached hydrogen (secondary N) is 1. The Morgan fingerprint density at radius 1 is 1.07 bits per heavy atom. The SMILES string of the molecule is Cc1ccccc1OCCNC(=O)N1CCN(Cc2ccc3c(c2)OCO3)CC1. The minimum atomic E-state index is -0.0267. The molecule has 0 unspecified atom stereocenters. The molecule has 2 aliphatic rings. The number of urea groups is 1. The lowest BCUT2D eigenvalue weighted by Crippen LogP contribution is -2.51. The third-order valence-corrected chi connectivity index (χ3v) is 5.23. The van der Waals surface area contributed by atoms with Crippen molar-refractivity contribution in [1.29, 1.82) is 0 Å². The molecular weight excluding hydrogens is 370 g/mol. The van der Waals surface area contributed by atoms with Crippen LogP contribution in [0.1, 0.15) is 11.1 Å². The van der Waals surface area contributed by atoms with Crippen molar-refractivity contribution < 1.29 is 19.0 Å². The molecule has 0 aliphatic carbocycles. The van der Waals surface area contributed by atoms with Crippen LogP contribution in [0.2, 0.25) is 0 Å². The zero-order valence-corrected chi connectivity index (χ0v) is 16.7. The predicted molar refractivity (Wildman–Crippen MR) is 109 cm³/mol. The predicted octanol–water partition coefficient (Wildman–Crippen LogP) is 2.63. The summed E-state index contributed by atoms with van der Waals surface area (Å²) in [6.07, 6.45) is 0. The van der Waals surface area contributed by atoms with Crippen molar-refractivity contribution in [3.8, 4) is 17.2 Å². The highest BCUT2D eigenvalue weighted by atomic mass is 16.7. The molecule has 1 fully saturated rings. The van der Waals surface area contributed by atoms with Crippen molar-refractivity contribution in [3.63, 3.8) is 0 Å². The number of nitrogens with zero attached hydrogens (tertiary/aromatic N) is 2. The highest BCUT2D eigenvalue weighted by Gasteiger charge is 2.21. The molecule has 2 aromatic rings. The van der Waals surface area contributed by atoms with Gasteiger partial charge in [0.05, 0.1) is 6.54 Å². The summed E-state index contributed by atoms with van der Waals surface area (Å²) < 4.78 is 16.5. The Bertz CT molecular complexity index is 850. The Morgan fingerprint density at radius 2 is 1.86 bits per heavy atom. The maximum absolute atomic E-state index is 12.4. The average Bonchev–Trinajstić information content (AvgIpc) is 3.21. The molecule has 2 aliphatic heterocycles. The van der Waals surface area contributed by atoms with Gasteiger partial charge < -0.3 is 24.4 Å². The molecule has 1 N–H and O–H groups in total. The first-order chi connectivity index (χ1) is 14.2. The maximum atomic E-state index is 12.4. The summed E-state index contributed by atoms with van der Waals surface area (Å²) in [5.41, 5.74) is 2.29. The van der Waals surface area contributed by atoms with Gasteiger partial charge in [-0.05, 0) is 36.2 Å². The molecule has 29 heavy (non-hydrogen) atoms. The number of carbonyl (C=O) groups excluding carboxylic acids is 1. The number of ether oxygens (including phenoxy) is 3. The van der Waals surface area contributed by atoms with E-state index in [1.54, 1.807) is 0 Å². The Labute approximate surface area is 171 Å². The molecule has 1 saturated heterocycles. The Balaban J connectivity index is 1.16. The van der Waals surface area contributed by atoms with Crippen molar-refractivity contribution in [1.82, 2.24) is 15.1 Å². The highest BCUT2D eigenvalue weighted by Crippen LogP contribution is 2.32. The van der Waals surface area contributed by atoms with Gasteiger partial charge in [0.1, 0.15) is 12.4 Å². The second-order valence-corrected chi connectivity index (χ2v) is 7.30. The number of hydrogen-bond acceptors (Lipinski definition) is 5. The molecule has 0 spiro atoms. The monoisotopic (exact) mass is 397 g/mol. The van der Waals surface area contributed by atoms with Gasteiger partial charge in [-0.3, -0.25) is 4.90 Å². The topological polar surface area (TPSA) is 63.3 Å². The van der Waals surface area contributed by atoms with Crippen molar-refractivity contribution >= 4 is 6.03 Å². The van der Waals surface area contributed by atoms with E-state index in [0.29, 0.717) is 19.9 Å². The Morgan fingerprint density at radius 3 is 2.69 bits per heavy atom. The molecule has 2 aromatic carbocycles. The molecule has 0 bridgehead atoms. The van der Waals surface area contributed by atoms with Gasteiger partial charge in [0.25, 0.3) is 0 Å². The summed E-state index contributed by atoms with van der Waals surface area (Å²) in [6.45, 7) is 7.23. The summed E-state index contributed by atoms with van der Waals surface area (Å²) >= 11 is 0.